The van der Waals surface area contributed by atoms with Crippen LogP contribution in [0.4, 0.5) is 4.79 Å². The van der Waals surface area contributed by atoms with Gasteiger partial charge in [0.1, 0.15) is 5.69 Å². The molecule has 2 rings (SSSR count). The van der Waals surface area contributed by atoms with Crippen LogP contribution in [0, 0.1) is 0 Å². The standard InChI is InChI=1S/C10H7N5O5.C2H6/c16-3-4-5(12-2-1-11-4)7(17)13-6-8(18)14-10(20)15-9(6)19;1-2/h1-3,6H,(H,13,17)(H2,14,15,18,19,20);1-2H3. The number of aldehydes is 1. The first-order chi connectivity index (χ1) is 10.5. The lowest BCUT2D eigenvalue weighted by molar-refractivity contribution is -0.132. The van der Waals surface area contributed by atoms with Gasteiger partial charge in [-0.15, -0.1) is 0 Å². The van der Waals surface area contributed by atoms with Gasteiger partial charge in [-0.1, -0.05) is 13.8 Å². The van der Waals surface area contributed by atoms with E-state index in [0.717, 1.165) is 0 Å². The van der Waals surface area contributed by atoms with E-state index in [4.69, 9.17) is 0 Å². The fraction of sp³-hybridized carbons (Fsp3) is 0.250. The van der Waals surface area contributed by atoms with Crippen molar-refractivity contribution in [3.8, 4) is 0 Å². The van der Waals surface area contributed by atoms with Crippen LogP contribution in [0.2, 0.25) is 0 Å². The summed E-state index contributed by atoms with van der Waals surface area (Å²) in [5.74, 6) is -2.91. The third-order valence-corrected chi connectivity index (χ3v) is 2.33. The molecule has 10 nitrogen and oxygen atoms in total. The van der Waals surface area contributed by atoms with Gasteiger partial charge in [-0.25, -0.2) is 14.8 Å². The predicted octanol–water partition coefficient (Wildman–Crippen LogP) is -1.22. The predicted molar refractivity (Wildman–Crippen MR) is 71.7 cm³/mol. The molecule has 0 radical (unpaired) electrons. The van der Waals surface area contributed by atoms with Crippen molar-refractivity contribution >= 4 is 30.0 Å². The van der Waals surface area contributed by atoms with Crippen LogP contribution >= 0.6 is 0 Å². The average Bonchev–Trinajstić information content (AvgIpc) is 2.52. The quantitative estimate of drug-likeness (QED) is 0.468. The molecule has 10 heteroatoms. The summed E-state index contributed by atoms with van der Waals surface area (Å²) in [7, 11) is 0. The van der Waals surface area contributed by atoms with Gasteiger partial charge in [-0.2, -0.15) is 0 Å². The SMILES string of the molecule is CC.O=Cc1nccnc1C(=O)NC1C(=O)NC(=O)NC1=O. The minimum absolute atomic E-state index is 0.238. The minimum Gasteiger partial charge on any atom is -0.331 e. The monoisotopic (exact) mass is 307 g/mol. The summed E-state index contributed by atoms with van der Waals surface area (Å²) in [6, 6.07) is -2.57. The third-order valence-electron chi connectivity index (χ3n) is 2.33. The van der Waals surface area contributed by atoms with Crippen LogP contribution in [0.15, 0.2) is 12.4 Å². The van der Waals surface area contributed by atoms with Crippen LogP contribution in [0.3, 0.4) is 0 Å². The lowest BCUT2D eigenvalue weighted by Crippen LogP contribution is -2.64. The molecule has 1 fully saturated rings. The Morgan fingerprint density at radius 1 is 1.14 bits per heavy atom. The van der Waals surface area contributed by atoms with Crippen molar-refractivity contribution in [3.05, 3.63) is 23.8 Å². The number of nitrogens with zero attached hydrogens (tertiary/aromatic N) is 2. The summed E-state index contributed by atoms with van der Waals surface area (Å²) in [5, 5.41) is 5.68. The Kier molecular flexibility index (Phi) is 5.81. The Hall–Kier alpha value is -3.17. The maximum Gasteiger partial charge on any atom is 0.328 e. The highest BCUT2D eigenvalue weighted by molar-refractivity contribution is 6.20. The van der Waals surface area contributed by atoms with E-state index >= 15 is 0 Å². The number of amides is 5. The number of carbonyl (C=O) groups excluding carboxylic acids is 5. The lowest BCUT2D eigenvalue weighted by Gasteiger charge is -2.21. The zero-order valence-electron chi connectivity index (χ0n) is 11.7. The number of hydrogen-bond acceptors (Lipinski definition) is 7. The molecular weight excluding hydrogens is 294 g/mol. The Bertz CT molecular complexity index is 610. The molecule has 2 heterocycles. The summed E-state index contributed by atoms with van der Waals surface area (Å²) in [4.78, 5) is 63.5. The molecule has 5 amide bonds. The normalized spacial score (nSPS) is 14.2. The first-order valence-electron chi connectivity index (χ1n) is 6.25. The summed E-state index contributed by atoms with van der Waals surface area (Å²) in [6.45, 7) is 4.00. The van der Waals surface area contributed by atoms with Crippen molar-refractivity contribution in [2.24, 2.45) is 0 Å². The molecule has 1 aromatic rings. The number of imide groups is 2. The lowest BCUT2D eigenvalue weighted by atomic mass is 10.2. The summed E-state index contributed by atoms with van der Waals surface area (Å²) >= 11 is 0. The first-order valence-corrected chi connectivity index (χ1v) is 6.25. The maximum atomic E-state index is 11.8. The number of carbonyl (C=O) groups is 5. The summed E-state index contributed by atoms with van der Waals surface area (Å²) in [6.07, 6.45) is 2.69. The highest BCUT2D eigenvalue weighted by atomic mass is 16.2. The molecule has 0 spiro atoms. The molecule has 116 valence electrons. The second kappa shape index (κ2) is 7.57. The third kappa shape index (κ3) is 3.69. The van der Waals surface area contributed by atoms with Gasteiger partial charge in [-0.3, -0.25) is 29.8 Å². The van der Waals surface area contributed by atoms with Crippen molar-refractivity contribution in [2.75, 3.05) is 0 Å². The molecule has 0 aliphatic carbocycles. The van der Waals surface area contributed by atoms with Crippen LogP contribution in [0.25, 0.3) is 0 Å². The fourth-order valence-corrected chi connectivity index (χ4v) is 1.46. The van der Waals surface area contributed by atoms with Crippen LogP contribution < -0.4 is 16.0 Å². The highest BCUT2D eigenvalue weighted by Gasteiger charge is 2.36. The molecule has 3 N–H and O–H groups in total. The maximum absolute atomic E-state index is 11.8. The van der Waals surface area contributed by atoms with E-state index in [1.54, 1.807) is 0 Å². The molecule has 0 saturated carbocycles. The van der Waals surface area contributed by atoms with Crippen molar-refractivity contribution in [2.45, 2.75) is 19.9 Å². The molecule has 0 atom stereocenters. The second-order valence-electron chi connectivity index (χ2n) is 3.62. The zero-order chi connectivity index (χ0) is 16.7. The van der Waals surface area contributed by atoms with Crippen molar-refractivity contribution in [3.63, 3.8) is 0 Å². The zero-order valence-corrected chi connectivity index (χ0v) is 11.7. The molecule has 0 bridgehead atoms. The number of aromatic nitrogens is 2. The smallest absolute Gasteiger partial charge is 0.328 e. The van der Waals surface area contributed by atoms with E-state index in [0.29, 0.717) is 6.29 Å². The fourth-order valence-electron chi connectivity index (χ4n) is 1.46. The molecule has 1 aliphatic heterocycles. The van der Waals surface area contributed by atoms with E-state index in [-0.39, 0.29) is 11.4 Å². The van der Waals surface area contributed by atoms with Gasteiger partial charge in [0.15, 0.2) is 18.0 Å². The van der Waals surface area contributed by atoms with E-state index < -0.39 is 29.8 Å². The van der Waals surface area contributed by atoms with Crippen LogP contribution in [0.1, 0.15) is 34.8 Å². The van der Waals surface area contributed by atoms with E-state index in [1.165, 1.54) is 12.4 Å². The number of nitrogens with one attached hydrogen (secondary N) is 3. The Morgan fingerprint density at radius 2 is 1.68 bits per heavy atom. The van der Waals surface area contributed by atoms with E-state index in [9.17, 15) is 24.0 Å². The Labute approximate surface area is 124 Å². The van der Waals surface area contributed by atoms with Gasteiger partial charge < -0.3 is 5.32 Å². The number of barbiturate groups is 1. The molecule has 0 unspecified atom stereocenters. The summed E-state index contributed by atoms with van der Waals surface area (Å²) in [5.41, 5.74) is -0.572. The van der Waals surface area contributed by atoms with Gasteiger partial charge in [0.25, 0.3) is 17.7 Å². The Morgan fingerprint density at radius 3 is 2.23 bits per heavy atom. The van der Waals surface area contributed by atoms with Gasteiger partial charge >= 0.3 is 6.03 Å². The van der Waals surface area contributed by atoms with Crippen LogP contribution in [-0.2, 0) is 9.59 Å². The van der Waals surface area contributed by atoms with E-state index in [1.807, 2.05) is 24.5 Å². The average molecular weight is 307 g/mol. The molecular formula is C12H13N5O5. The molecule has 1 aliphatic rings. The van der Waals surface area contributed by atoms with Crippen LogP contribution in [-0.4, -0.2) is 46.0 Å². The highest BCUT2D eigenvalue weighted by Crippen LogP contribution is 2.00. The summed E-state index contributed by atoms with van der Waals surface area (Å²) < 4.78 is 0. The van der Waals surface area contributed by atoms with Crippen molar-refractivity contribution in [1.82, 2.24) is 25.9 Å². The number of hydrogen-bond donors (Lipinski definition) is 3. The second-order valence-corrected chi connectivity index (χ2v) is 3.62. The van der Waals surface area contributed by atoms with Gasteiger partial charge in [-0.05, 0) is 0 Å². The topological polar surface area (TPSA) is 147 Å². The first kappa shape index (κ1) is 16.9. The largest absolute Gasteiger partial charge is 0.331 e. The van der Waals surface area contributed by atoms with Gasteiger partial charge in [0, 0.05) is 12.4 Å². The minimum atomic E-state index is -1.60. The number of rotatable bonds is 3. The van der Waals surface area contributed by atoms with Gasteiger partial charge in [0.2, 0.25) is 0 Å². The van der Waals surface area contributed by atoms with Crippen molar-refractivity contribution in [1.29, 1.82) is 0 Å². The van der Waals surface area contributed by atoms with Crippen molar-refractivity contribution < 1.29 is 24.0 Å². The molecule has 1 saturated heterocycles. The number of urea groups is 1. The molecule has 1 aromatic heterocycles. The molecule has 22 heavy (non-hydrogen) atoms. The van der Waals surface area contributed by atoms with E-state index in [2.05, 4.69) is 15.3 Å². The molecule has 0 aromatic carbocycles. The Balaban J connectivity index is 0.00000116. The van der Waals surface area contributed by atoms with Crippen LogP contribution in [0.5, 0.6) is 0 Å². The van der Waals surface area contributed by atoms with Gasteiger partial charge in [0.05, 0.1) is 0 Å².